The van der Waals surface area contributed by atoms with Crippen molar-refractivity contribution in [3.05, 3.63) is 53.0 Å². The monoisotopic (exact) mass is 348 g/mol. The number of hydrogen-bond acceptors (Lipinski definition) is 5. The minimum Gasteiger partial charge on any atom is -0.466 e. The van der Waals surface area contributed by atoms with Crippen molar-refractivity contribution in [2.24, 2.45) is 0 Å². The Morgan fingerprint density at radius 3 is 2.42 bits per heavy atom. The largest absolute Gasteiger partial charge is 0.466 e. The van der Waals surface area contributed by atoms with Gasteiger partial charge in [0.05, 0.1) is 17.4 Å². The van der Waals surface area contributed by atoms with Gasteiger partial charge in [-0.05, 0) is 44.5 Å². The maximum atomic E-state index is 12.4. The van der Waals surface area contributed by atoms with E-state index in [-0.39, 0.29) is 17.9 Å². The van der Waals surface area contributed by atoms with Crippen LogP contribution in [-0.4, -0.2) is 20.1 Å². The highest BCUT2D eigenvalue weighted by Crippen LogP contribution is 2.26. The van der Waals surface area contributed by atoms with E-state index in [2.05, 4.69) is 4.72 Å². The lowest BCUT2D eigenvalue weighted by atomic mass is 9.97. The summed E-state index contributed by atoms with van der Waals surface area (Å²) < 4.78 is 32.5. The van der Waals surface area contributed by atoms with Crippen molar-refractivity contribution in [3.63, 3.8) is 0 Å². The molecule has 2 aromatic rings. The van der Waals surface area contributed by atoms with Crippen molar-refractivity contribution in [1.82, 2.24) is 4.72 Å². The van der Waals surface area contributed by atoms with Gasteiger partial charge in [-0.1, -0.05) is 12.1 Å². The fraction of sp³-hybridized carbons (Fsp3) is 0.353. The Morgan fingerprint density at radius 2 is 1.92 bits per heavy atom. The second-order valence-corrected chi connectivity index (χ2v) is 7.67. The molecule has 0 radical (unpaired) electrons. The molecular weight excluding hydrogens is 328 g/mol. The molecule has 1 heterocycles. The molecule has 1 unspecified atom stereocenters. The van der Waals surface area contributed by atoms with E-state index in [1.807, 2.05) is 6.07 Å². The molecule has 1 aromatic carbocycles. The van der Waals surface area contributed by atoms with Crippen LogP contribution in [0, 0.1) is 25.2 Å². The number of benzene rings is 1. The van der Waals surface area contributed by atoms with E-state index in [1.54, 1.807) is 32.0 Å². The van der Waals surface area contributed by atoms with Crippen LogP contribution in [0.15, 0.2) is 39.6 Å². The Hall–Kier alpha value is -2.14. The predicted octanol–water partition coefficient (Wildman–Crippen LogP) is 2.15. The van der Waals surface area contributed by atoms with Crippen LogP contribution in [0.2, 0.25) is 0 Å². The molecule has 128 valence electrons. The van der Waals surface area contributed by atoms with E-state index in [0.29, 0.717) is 17.1 Å². The molecule has 24 heavy (non-hydrogen) atoms. The van der Waals surface area contributed by atoms with Gasteiger partial charge in [0.15, 0.2) is 0 Å². The Kier molecular flexibility index (Phi) is 5.13. The van der Waals surface area contributed by atoms with Crippen LogP contribution in [0.3, 0.4) is 0 Å². The van der Waals surface area contributed by atoms with Gasteiger partial charge in [0.1, 0.15) is 17.1 Å². The van der Waals surface area contributed by atoms with Gasteiger partial charge in [-0.15, -0.1) is 0 Å². The molecule has 0 spiro atoms. The average Bonchev–Trinajstić information content (AvgIpc) is 2.86. The van der Waals surface area contributed by atoms with E-state index >= 15 is 0 Å². The summed E-state index contributed by atoms with van der Waals surface area (Å²) in [5, 5.41) is 19.2. The number of aliphatic hydroxyl groups is 1. The fourth-order valence-corrected chi connectivity index (χ4v) is 3.59. The Morgan fingerprint density at radius 1 is 1.29 bits per heavy atom. The minimum atomic E-state index is -3.76. The van der Waals surface area contributed by atoms with Crippen molar-refractivity contribution in [3.8, 4) is 6.07 Å². The normalized spacial score (nSPS) is 14.1. The van der Waals surface area contributed by atoms with Gasteiger partial charge in [-0.3, -0.25) is 0 Å². The maximum Gasteiger partial charge on any atom is 0.240 e. The molecule has 6 nitrogen and oxygen atoms in total. The van der Waals surface area contributed by atoms with E-state index in [4.69, 9.17) is 9.68 Å². The highest BCUT2D eigenvalue weighted by atomic mass is 32.2. The predicted molar refractivity (Wildman–Crippen MR) is 88.7 cm³/mol. The number of nitrogens with zero attached hydrogens (tertiary/aromatic N) is 1. The van der Waals surface area contributed by atoms with E-state index in [0.717, 1.165) is 5.56 Å². The summed E-state index contributed by atoms with van der Waals surface area (Å²) in [7, 11) is -3.76. The molecule has 1 aromatic heterocycles. The Balaban J connectivity index is 2.14. The highest BCUT2D eigenvalue weighted by Gasteiger charge is 2.29. The minimum absolute atomic E-state index is 0.0834. The third kappa shape index (κ3) is 4.03. The lowest BCUT2D eigenvalue weighted by Crippen LogP contribution is -2.38. The third-order valence-electron chi connectivity index (χ3n) is 3.74. The Bertz CT molecular complexity index is 859. The van der Waals surface area contributed by atoms with Gasteiger partial charge in [0.2, 0.25) is 10.0 Å². The number of hydrogen-bond donors (Lipinski definition) is 2. The molecule has 0 aliphatic rings. The fourth-order valence-electron chi connectivity index (χ4n) is 2.46. The number of sulfonamides is 1. The molecular formula is C17H20N2O4S. The molecule has 0 fully saturated rings. The van der Waals surface area contributed by atoms with E-state index < -0.39 is 15.6 Å². The molecule has 0 aliphatic carbocycles. The van der Waals surface area contributed by atoms with Crippen LogP contribution in [0.5, 0.6) is 0 Å². The number of rotatable bonds is 6. The topological polar surface area (TPSA) is 103 Å². The number of nitriles is 1. The summed E-state index contributed by atoms with van der Waals surface area (Å²) >= 11 is 0. The zero-order chi connectivity index (χ0) is 18.0. The van der Waals surface area contributed by atoms with E-state index in [1.165, 1.54) is 19.1 Å². The lowest BCUT2D eigenvalue weighted by Gasteiger charge is -2.23. The van der Waals surface area contributed by atoms with E-state index in [9.17, 15) is 13.5 Å². The first-order chi connectivity index (χ1) is 11.2. The molecule has 0 saturated carbocycles. The second-order valence-electron chi connectivity index (χ2n) is 5.90. The van der Waals surface area contributed by atoms with Crippen LogP contribution in [0.4, 0.5) is 0 Å². The lowest BCUT2D eigenvalue weighted by molar-refractivity contribution is 0.0612. The van der Waals surface area contributed by atoms with Crippen molar-refractivity contribution >= 4 is 10.0 Å². The summed E-state index contributed by atoms with van der Waals surface area (Å²) in [5.41, 5.74) is -0.102. The summed E-state index contributed by atoms with van der Waals surface area (Å²) in [6, 6.07) is 9.78. The molecule has 2 rings (SSSR count). The summed E-state index contributed by atoms with van der Waals surface area (Å²) in [6.07, 6.45) is 0.224. The zero-order valence-corrected chi connectivity index (χ0v) is 14.6. The molecule has 1 atom stereocenters. The molecule has 0 saturated heterocycles. The summed E-state index contributed by atoms with van der Waals surface area (Å²) in [5.74, 6) is 1.20. The number of nitrogens with one attached hydrogen (secondary N) is 1. The van der Waals surface area contributed by atoms with Crippen LogP contribution >= 0.6 is 0 Å². The first kappa shape index (κ1) is 18.2. The van der Waals surface area contributed by atoms with Crippen molar-refractivity contribution < 1.29 is 17.9 Å². The Labute approximate surface area is 141 Å². The van der Waals surface area contributed by atoms with Gasteiger partial charge in [-0.2, -0.15) is 5.26 Å². The SMILES string of the molecule is Cc1cc(C(C)(O)CNS(=O)(=O)c2ccc(CC#N)cc2)c(C)o1. The van der Waals surface area contributed by atoms with Gasteiger partial charge in [0, 0.05) is 12.1 Å². The molecule has 7 heteroatoms. The smallest absolute Gasteiger partial charge is 0.240 e. The molecule has 2 N–H and O–H groups in total. The molecule has 0 bridgehead atoms. The number of aryl methyl sites for hydroxylation is 2. The maximum absolute atomic E-state index is 12.4. The average molecular weight is 348 g/mol. The van der Waals surface area contributed by atoms with Crippen molar-refractivity contribution in [1.29, 1.82) is 5.26 Å². The zero-order valence-electron chi connectivity index (χ0n) is 13.8. The van der Waals surface area contributed by atoms with Gasteiger partial charge < -0.3 is 9.52 Å². The highest BCUT2D eigenvalue weighted by molar-refractivity contribution is 7.89. The quantitative estimate of drug-likeness (QED) is 0.832. The third-order valence-corrected chi connectivity index (χ3v) is 5.16. The van der Waals surface area contributed by atoms with Gasteiger partial charge >= 0.3 is 0 Å². The van der Waals surface area contributed by atoms with Crippen LogP contribution < -0.4 is 4.72 Å². The van der Waals surface area contributed by atoms with Crippen LogP contribution in [0.25, 0.3) is 0 Å². The van der Waals surface area contributed by atoms with Crippen molar-refractivity contribution in [2.45, 2.75) is 37.7 Å². The van der Waals surface area contributed by atoms with Gasteiger partial charge in [0.25, 0.3) is 0 Å². The van der Waals surface area contributed by atoms with Crippen LogP contribution in [0.1, 0.15) is 29.6 Å². The van der Waals surface area contributed by atoms with Crippen LogP contribution in [-0.2, 0) is 22.0 Å². The summed E-state index contributed by atoms with van der Waals surface area (Å²) in [6.45, 7) is 4.83. The molecule has 0 amide bonds. The first-order valence-electron chi connectivity index (χ1n) is 7.41. The standard InChI is InChI=1S/C17H20N2O4S/c1-12-10-16(13(2)23-12)17(3,20)11-19-24(21,22)15-6-4-14(5-7-15)8-9-18/h4-7,10,19-20H,8,11H2,1-3H3. The first-order valence-corrected chi connectivity index (χ1v) is 8.89. The van der Waals surface area contributed by atoms with Crippen molar-refractivity contribution in [2.75, 3.05) is 6.54 Å². The second kappa shape index (κ2) is 6.77. The van der Waals surface area contributed by atoms with Gasteiger partial charge in [-0.25, -0.2) is 13.1 Å². The summed E-state index contributed by atoms with van der Waals surface area (Å²) in [4.78, 5) is 0.0834. The number of furan rings is 1. The molecule has 0 aliphatic heterocycles.